The fraction of sp³-hybridized carbons (Fsp3) is 0.958. The van der Waals surface area contributed by atoms with Gasteiger partial charge < -0.3 is 14.2 Å². The van der Waals surface area contributed by atoms with E-state index < -0.39 is 6.10 Å². The Morgan fingerprint density at radius 1 is 0.260 bits per heavy atom. The van der Waals surface area contributed by atoms with Gasteiger partial charge in [0.2, 0.25) is 0 Å². The van der Waals surface area contributed by atoms with Gasteiger partial charge in [-0.1, -0.05) is 363 Å². The summed E-state index contributed by atoms with van der Waals surface area (Å²) in [6, 6.07) is 0. The molecule has 0 aliphatic heterocycles. The minimum atomic E-state index is -0.765. The van der Waals surface area contributed by atoms with Gasteiger partial charge in [0.05, 0.1) is 0 Å². The summed E-state index contributed by atoms with van der Waals surface area (Å²) in [5.41, 5.74) is 0. The van der Waals surface area contributed by atoms with E-state index in [4.69, 9.17) is 14.2 Å². The molecule has 0 spiro atoms. The highest BCUT2D eigenvalue weighted by molar-refractivity contribution is 5.71. The van der Waals surface area contributed by atoms with Crippen molar-refractivity contribution in [1.82, 2.24) is 0 Å². The predicted octanol–water partition coefficient (Wildman–Crippen LogP) is 23.8. The maximum atomic E-state index is 13.0. The van der Waals surface area contributed by atoms with Gasteiger partial charge in [0.15, 0.2) is 6.10 Å². The number of ether oxygens (including phenoxy) is 3. The van der Waals surface area contributed by atoms with E-state index in [0.717, 1.165) is 75.5 Å². The first-order valence-corrected chi connectivity index (χ1v) is 35.1. The van der Waals surface area contributed by atoms with Crippen molar-refractivity contribution in [2.45, 2.75) is 407 Å². The fourth-order valence-corrected chi connectivity index (χ4v) is 11.1. The van der Waals surface area contributed by atoms with Crippen molar-refractivity contribution < 1.29 is 28.6 Å². The van der Waals surface area contributed by atoms with E-state index in [2.05, 4.69) is 41.5 Å². The van der Waals surface area contributed by atoms with Gasteiger partial charge in [-0.15, -0.1) is 0 Å². The van der Waals surface area contributed by atoms with Gasteiger partial charge in [-0.25, -0.2) is 0 Å². The van der Waals surface area contributed by atoms with Crippen LogP contribution in [-0.2, 0) is 28.6 Å². The topological polar surface area (TPSA) is 78.9 Å². The minimum absolute atomic E-state index is 0.0618. The van der Waals surface area contributed by atoms with Crippen LogP contribution < -0.4 is 0 Å². The number of esters is 3. The van der Waals surface area contributed by atoms with Crippen LogP contribution in [0.1, 0.15) is 401 Å². The third-order valence-corrected chi connectivity index (χ3v) is 16.8. The average molecular weight is 1090 g/mol. The van der Waals surface area contributed by atoms with Gasteiger partial charge >= 0.3 is 17.9 Å². The molecule has 0 saturated heterocycles. The van der Waals surface area contributed by atoms with Crippen molar-refractivity contribution in [3.8, 4) is 0 Å². The number of unbranched alkanes of at least 4 members (excludes halogenated alkanes) is 46. The Morgan fingerprint density at radius 2 is 0.455 bits per heavy atom. The maximum absolute atomic E-state index is 13.0. The van der Waals surface area contributed by atoms with E-state index in [9.17, 15) is 14.4 Å². The summed E-state index contributed by atoms with van der Waals surface area (Å²) in [6.07, 6.45) is 69.7. The van der Waals surface area contributed by atoms with Crippen molar-refractivity contribution >= 4 is 17.9 Å². The molecule has 458 valence electrons. The lowest BCUT2D eigenvalue weighted by molar-refractivity contribution is -0.167. The monoisotopic (exact) mass is 1090 g/mol. The SMILES string of the molecule is CCC(C)CCCCCCCCCCCCCCCCCCCCC(=O)O[C@H](COC(=O)CCCCCCCCCCCCCCCCCCC(C)C)COC(=O)CCCCCCCCCCCCCCCCCC(C)C. The number of carbonyl (C=O) groups is 3. The molecule has 0 aromatic carbocycles. The molecule has 0 rings (SSSR count). The molecule has 0 fully saturated rings. The van der Waals surface area contributed by atoms with E-state index in [0.29, 0.717) is 19.3 Å². The lowest BCUT2D eigenvalue weighted by atomic mass is 9.99. The lowest BCUT2D eigenvalue weighted by Crippen LogP contribution is -2.30. The molecule has 0 aromatic heterocycles. The lowest BCUT2D eigenvalue weighted by Gasteiger charge is -2.18. The largest absolute Gasteiger partial charge is 0.462 e. The Labute approximate surface area is 482 Å². The molecular weight excluding hydrogens is 949 g/mol. The Morgan fingerprint density at radius 3 is 0.675 bits per heavy atom. The van der Waals surface area contributed by atoms with Crippen molar-refractivity contribution in [3.63, 3.8) is 0 Å². The molecule has 0 heterocycles. The van der Waals surface area contributed by atoms with E-state index in [-0.39, 0.29) is 31.1 Å². The van der Waals surface area contributed by atoms with Crippen LogP contribution in [0.4, 0.5) is 0 Å². The normalized spacial score (nSPS) is 12.5. The number of carbonyl (C=O) groups excluding carboxylic acids is 3. The first kappa shape index (κ1) is 75.4. The predicted molar refractivity (Wildman–Crippen MR) is 335 cm³/mol. The van der Waals surface area contributed by atoms with Crippen LogP contribution in [0, 0.1) is 17.8 Å². The van der Waals surface area contributed by atoms with Gasteiger partial charge in [0.1, 0.15) is 13.2 Å². The average Bonchev–Trinajstić information content (AvgIpc) is 3.41. The van der Waals surface area contributed by atoms with Crippen molar-refractivity contribution in [2.24, 2.45) is 17.8 Å². The number of rotatable bonds is 64. The molecule has 0 N–H and O–H groups in total. The van der Waals surface area contributed by atoms with E-state index in [1.165, 1.54) is 283 Å². The molecule has 6 heteroatoms. The van der Waals surface area contributed by atoms with Crippen LogP contribution in [0.15, 0.2) is 0 Å². The van der Waals surface area contributed by atoms with Crippen LogP contribution in [0.2, 0.25) is 0 Å². The smallest absolute Gasteiger partial charge is 0.306 e. The first-order valence-electron chi connectivity index (χ1n) is 35.1. The summed E-state index contributed by atoms with van der Waals surface area (Å²) in [5, 5.41) is 0. The molecule has 1 unspecified atom stereocenters. The van der Waals surface area contributed by atoms with E-state index in [1.807, 2.05) is 0 Å². The van der Waals surface area contributed by atoms with Crippen molar-refractivity contribution in [2.75, 3.05) is 13.2 Å². The van der Waals surface area contributed by atoms with E-state index in [1.54, 1.807) is 0 Å². The third kappa shape index (κ3) is 63.5. The first-order chi connectivity index (χ1) is 37.6. The van der Waals surface area contributed by atoms with Gasteiger partial charge in [-0.2, -0.15) is 0 Å². The molecule has 0 bridgehead atoms. The summed E-state index contributed by atoms with van der Waals surface area (Å²) >= 11 is 0. The zero-order valence-electron chi connectivity index (χ0n) is 53.3. The molecule has 0 aliphatic rings. The zero-order chi connectivity index (χ0) is 56.2. The van der Waals surface area contributed by atoms with Crippen LogP contribution in [-0.4, -0.2) is 37.2 Å². The highest BCUT2D eigenvalue weighted by Gasteiger charge is 2.20. The van der Waals surface area contributed by atoms with Gasteiger partial charge in [0, 0.05) is 19.3 Å². The minimum Gasteiger partial charge on any atom is -0.462 e. The highest BCUT2D eigenvalue weighted by atomic mass is 16.6. The second kappa shape index (κ2) is 62.0. The Hall–Kier alpha value is -1.59. The van der Waals surface area contributed by atoms with Gasteiger partial charge in [0.25, 0.3) is 0 Å². The summed E-state index contributed by atoms with van der Waals surface area (Å²) in [6.45, 7) is 13.9. The molecule has 0 aromatic rings. The Balaban J connectivity index is 4.28. The van der Waals surface area contributed by atoms with Gasteiger partial charge in [-0.05, 0) is 37.0 Å². The number of hydrogen-bond donors (Lipinski definition) is 0. The second-order valence-corrected chi connectivity index (χ2v) is 25.7. The zero-order valence-corrected chi connectivity index (χ0v) is 53.3. The molecular formula is C71H138O6. The van der Waals surface area contributed by atoms with Crippen LogP contribution in [0.5, 0.6) is 0 Å². The number of hydrogen-bond acceptors (Lipinski definition) is 6. The quantitative estimate of drug-likeness (QED) is 0.0343. The molecule has 0 saturated carbocycles. The van der Waals surface area contributed by atoms with Gasteiger partial charge in [-0.3, -0.25) is 14.4 Å². The fourth-order valence-electron chi connectivity index (χ4n) is 11.1. The summed E-state index contributed by atoms with van der Waals surface area (Å²) in [7, 11) is 0. The van der Waals surface area contributed by atoms with Crippen LogP contribution >= 0.6 is 0 Å². The molecule has 6 nitrogen and oxygen atoms in total. The molecule has 0 amide bonds. The molecule has 0 radical (unpaired) electrons. The van der Waals surface area contributed by atoms with Crippen molar-refractivity contribution in [3.05, 3.63) is 0 Å². The summed E-state index contributed by atoms with van der Waals surface area (Å²) in [4.78, 5) is 38.5. The summed E-state index contributed by atoms with van der Waals surface area (Å²) in [5.74, 6) is 1.78. The Kier molecular flexibility index (Phi) is 60.7. The standard InChI is InChI=1S/C71H138O6/c1-7-67(6)59-53-47-41-35-29-23-17-10-8-9-11-19-26-32-38-44-50-56-62-71(74)77-68(64-76-70(73)61-55-49-43-37-31-25-20-14-16-22-28-34-40-46-52-58-66(4)5)63-75-69(72)60-54-48-42-36-30-24-18-13-12-15-21-27-33-39-45-51-57-65(2)3/h65-68H,7-64H2,1-6H3/t67?,68-/m1/s1. The maximum Gasteiger partial charge on any atom is 0.306 e. The molecule has 2 atom stereocenters. The molecule has 0 aliphatic carbocycles. The van der Waals surface area contributed by atoms with E-state index >= 15 is 0 Å². The third-order valence-electron chi connectivity index (χ3n) is 16.8. The van der Waals surface area contributed by atoms with Crippen LogP contribution in [0.25, 0.3) is 0 Å². The van der Waals surface area contributed by atoms with Crippen LogP contribution in [0.3, 0.4) is 0 Å². The highest BCUT2D eigenvalue weighted by Crippen LogP contribution is 2.20. The Bertz CT molecular complexity index is 1200. The second-order valence-electron chi connectivity index (χ2n) is 25.7. The summed E-state index contributed by atoms with van der Waals surface area (Å²) < 4.78 is 17.0. The molecule has 77 heavy (non-hydrogen) atoms. The van der Waals surface area contributed by atoms with Crippen molar-refractivity contribution in [1.29, 1.82) is 0 Å².